The molecule has 1 saturated heterocycles. The van der Waals surface area contributed by atoms with E-state index in [2.05, 4.69) is 0 Å². The summed E-state index contributed by atoms with van der Waals surface area (Å²) in [7, 11) is 2.78. The lowest BCUT2D eigenvalue weighted by Crippen LogP contribution is -2.29. The highest BCUT2D eigenvalue weighted by Gasteiger charge is 2.47. The number of hydrogen-bond acceptors (Lipinski definition) is 6. The van der Waals surface area contributed by atoms with Gasteiger partial charge in [0.2, 0.25) is 0 Å². The fraction of sp³-hybridized carbons (Fsp3) is 0.0968. The fourth-order valence-corrected chi connectivity index (χ4v) is 4.83. The second-order valence-corrected chi connectivity index (χ2v) is 9.23. The van der Waals surface area contributed by atoms with Gasteiger partial charge in [-0.25, -0.2) is 4.39 Å². The number of carbonyl (C=O) groups is 2. The molecule has 0 spiro atoms. The van der Waals surface area contributed by atoms with Gasteiger partial charge in [0.15, 0.2) is 0 Å². The first-order valence-electron chi connectivity index (χ1n) is 12.1. The van der Waals surface area contributed by atoms with Crippen molar-refractivity contribution in [3.05, 3.63) is 119 Å². The molecule has 1 aliphatic rings. The van der Waals surface area contributed by atoms with Gasteiger partial charge in [-0.1, -0.05) is 48.0 Å². The molecule has 9 heteroatoms. The van der Waals surface area contributed by atoms with Gasteiger partial charge in [0.25, 0.3) is 11.7 Å². The van der Waals surface area contributed by atoms with E-state index in [1.165, 1.54) is 44.6 Å². The summed E-state index contributed by atoms with van der Waals surface area (Å²) in [5.41, 5.74) is 0.441. The average Bonchev–Trinajstić information content (AvgIpc) is 3.23. The molecule has 202 valence electrons. The molecule has 4 aromatic carbocycles. The third kappa shape index (κ3) is 4.97. The molecule has 1 fully saturated rings. The first kappa shape index (κ1) is 26.8. The number of benzene rings is 4. The van der Waals surface area contributed by atoms with E-state index in [1.54, 1.807) is 36.4 Å². The molecule has 40 heavy (non-hydrogen) atoms. The molecule has 1 unspecified atom stereocenters. The van der Waals surface area contributed by atoms with Crippen LogP contribution in [0.4, 0.5) is 10.1 Å². The molecule has 1 atom stereocenters. The maximum absolute atomic E-state index is 14.3. The summed E-state index contributed by atoms with van der Waals surface area (Å²) >= 11 is 6.24. The number of ether oxygens (including phenoxy) is 3. The number of ketones is 1. The van der Waals surface area contributed by atoms with Crippen molar-refractivity contribution in [3.63, 3.8) is 0 Å². The van der Waals surface area contributed by atoms with Gasteiger partial charge in [-0.3, -0.25) is 14.5 Å². The molecule has 0 bridgehead atoms. The highest BCUT2D eigenvalue weighted by Crippen LogP contribution is 2.45. The largest absolute Gasteiger partial charge is 0.507 e. The quantitative estimate of drug-likeness (QED) is 0.150. The SMILES string of the molecule is COc1cc(/C(O)=C2\C(=O)C(=O)N(c3cccc(F)c3)C2c2cccc(Oc3ccccc3)c2)c(OC)cc1Cl. The number of carbonyl (C=O) groups excluding carboxylic acids is 2. The first-order chi connectivity index (χ1) is 19.3. The van der Waals surface area contributed by atoms with Gasteiger partial charge < -0.3 is 19.3 Å². The van der Waals surface area contributed by atoms with Gasteiger partial charge in [0, 0.05) is 11.8 Å². The van der Waals surface area contributed by atoms with E-state index in [1.807, 2.05) is 18.2 Å². The summed E-state index contributed by atoms with van der Waals surface area (Å²) in [5.74, 6) is -1.62. The zero-order chi connectivity index (χ0) is 28.4. The summed E-state index contributed by atoms with van der Waals surface area (Å²) in [6.45, 7) is 0. The topological polar surface area (TPSA) is 85.3 Å². The lowest BCUT2D eigenvalue weighted by molar-refractivity contribution is -0.132. The Morgan fingerprint density at radius 2 is 1.55 bits per heavy atom. The number of hydrogen-bond donors (Lipinski definition) is 1. The van der Waals surface area contributed by atoms with Gasteiger partial charge >= 0.3 is 0 Å². The second kappa shape index (κ2) is 11.1. The third-order valence-corrected chi connectivity index (χ3v) is 6.71. The van der Waals surface area contributed by atoms with E-state index in [-0.39, 0.29) is 33.3 Å². The Morgan fingerprint density at radius 1 is 0.850 bits per heavy atom. The number of rotatable bonds is 7. The molecule has 0 aliphatic carbocycles. The number of amides is 1. The number of aliphatic hydroxyl groups is 1. The number of Topliss-reactive ketones (excluding diaryl/α,β-unsaturated/α-hetero) is 1. The van der Waals surface area contributed by atoms with Crippen LogP contribution in [0.25, 0.3) is 5.76 Å². The third-order valence-electron chi connectivity index (χ3n) is 6.41. The van der Waals surface area contributed by atoms with E-state index in [4.69, 9.17) is 25.8 Å². The lowest BCUT2D eigenvalue weighted by atomic mass is 9.94. The minimum absolute atomic E-state index is 0.0858. The Bertz CT molecular complexity index is 1640. The number of methoxy groups -OCH3 is 2. The molecule has 1 amide bonds. The van der Waals surface area contributed by atoms with Crippen molar-refractivity contribution >= 4 is 34.7 Å². The zero-order valence-corrected chi connectivity index (χ0v) is 22.2. The molecule has 0 saturated carbocycles. The van der Waals surface area contributed by atoms with Crippen molar-refractivity contribution in [1.29, 1.82) is 0 Å². The molecule has 0 aromatic heterocycles. The van der Waals surface area contributed by atoms with E-state index >= 15 is 0 Å². The van der Waals surface area contributed by atoms with Crippen LogP contribution in [0.15, 0.2) is 96.6 Å². The van der Waals surface area contributed by atoms with Gasteiger partial charge in [0.05, 0.1) is 36.4 Å². The first-order valence-corrected chi connectivity index (χ1v) is 12.5. The van der Waals surface area contributed by atoms with Crippen LogP contribution in [-0.4, -0.2) is 31.0 Å². The van der Waals surface area contributed by atoms with Crippen LogP contribution < -0.4 is 19.1 Å². The highest BCUT2D eigenvalue weighted by atomic mass is 35.5. The van der Waals surface area contributed by atoms with Gasteiger partial charge in [-0.2, -0.15) is 0 Å². The predicted molar refractivity (Wildman–Crippen MR) is 149 cm³/mol. The standard InChI is InChI=1S/C31H23ClFNO6/c1-38-25-17-24(32)26(39-2)16-23(25)29(35)27-28(34(31(37)30(27)36)20-10-7-9-19(33)15-20)18-8-6-13-22(14-18)40-21-11-4-3-5-12-21/h3-17,28,35H,1-2H3/b29-27+. The Balaban J connectivity index is 1.72. The van der Waals surface area contributed by atoms with Crippen molar-refractivity contribution < 1.29 is 33.3 Å². The molecule has 7 nitrogen and oxygen atoms in total. The van der Waals surface area contributed by atoms with Crippen LogP contribution >= 0.6 is 11.6 Å². The van der Waals surface area contributed by atoms with Gasteiger partial charge in [0.1, 0.15) is 34.6 Å². The Labute approximate surface area is 234 Å². The summed E-state index contributed by atoms with van der Waals surface area (Å²) in [4.78, 5) is 28.1. The Morgan fingerprint density at radius 3 is 2.25 bits per heavy atom. The van der Waals surface area contributed by atoms with Crippen molar-refractivity contribution in [3.8, 4) is 23.0 Å². The maximum Gasteiger partial charge on any atom is 0.300 e. The lowest BCUT2D eigenvalue weighted by Gasteiger charge is -2.26. The number of aliphatic hydroxyl groups excluding tert-OH is 1. The smallest absolute Gasteiger partial charge is 0.300 e. The minimum atomic E-state index is -1.13. The van der Waals surface area contributed by atoms with Crippen molar-refractivity contribution in [2.75, 3.05) is 19.1 Å². The summed E-state index contributed by atoms with van der Waals surface area (Å²) < 4.78 is 30.9. The molecule has 1 N–H and O–H groups in total. The molecule has 0 radical (unpaired) electrons. The maximum atomic E-state index is 14.3. The van der Waals surface area contributed by atoms with Gasteiger partial charge in [-0.15, -0.1) is 0 Å². The number of anilines is 1. The van der Waals surface area contributed by atoms with E-state index in [9.17, 15) is 19.1 Å². The summed E-state index contributed by atoms with van der Waals surface area (Å²) in [6, 6.07) is 22.9. The molecule has 1 aliphatic heterocycles. The molecular weight excluding hydrogens is 537 g/mol. The second-order valence-electron chi connectivity index (χ2n) is 8.82. The van der Waals surface area contributed by atoms with E-state index < -0.39 is 29.3 Å². The fourth-order valence-electron chi connectivity index (χ4n) is 4.60. The monoisotopic (exact) mass is 559 g/mol. The van der Waals surface area contributed by atoms with Crippen LogP contribution in [0.5, 0.6) is 23.0 Å². The number of halogens is 2. The van der Waals surface area contributed by atoms with Crippen LogP contribution in [0.3, 0.4) is 0 Å². The molecule has 5 rings (SSSR count). The van der Waals surface area contributed by atoms with Crippen LogP contribution in [0, 0.1) is 5.82 Å². The van der Waals surface area contributed by atoms with Crippen LogP contribution in [0.1, 0.15) is 17.2 Å². The van der Waals surface area contributed by atoms with Crippen molar-refractivity contribution in [2.24, 2.45) is 0 Å². The van der Waals surface area contributed by atoms with E-state index in [0.717, 1.165) is 11.0 Å². The predicted octanol–water partition coefficient (Wildman–Crippen LogP) is 6.91. The highest BCUT2D eigenvalue weighted by molar-refractivity contribution is 6.51. The van der Waals surface area contributed by atoms with Crippen molar-refractivity contribution in [1.82, 2.24) is 0 Å². The Hall–Kier alpha value is -4.82. The normalized spacial score (nSPS) is 16.2. The van der Waals surface area contributed by atoms with Crippen LogP contribution in [-0.2, 0) is 9.59 Å². The Kier molecular flexibility index (Phi) is 7.44. The molecule has 1 heterocycles. The number of para-hydroxylation sites is 1. The van der Waals surface area contributed by atoms with E-state index in [0.29, 0.717) is 17.1 Å². The molecular formula is C31H23ClFNO6. The summed E-state index contributed by atoms with van der Waals surface area (Å²) in [5, 5.41) is 11.8. The molecule has 4 aromatic rings. The summed E-state index contributed by atoms with van der Waals surface area (Å²) in [6.07, 6.45) is 0. The average molecular weight is 560 g/mol. The van der Waals surface area contributed by atoms with Crippen molar-refractivity contribution in [2.45, 2.75) is 6.04 Å². The minimum Gasteiger partial charge on any atom is -0.507 e. The van der Waals surface area contributed by atoms with Crippen LogP contribution in [0.2, 0.25) is 5.02 Å². The zero-order valence-electron chi connectivity index (χ0n) is 21.4. The number of nitrogens with zero attached hydrogens (tertiary/aromatic N) is 1. The van der Waals surface area contributed by atoms with Gasteiger partial charge in [-0.05, 0) is 54.1 Å².